The van der Waals surface area contributed by atoms with Crippen molar-refractivity contribution in [3.05, 3.63) is 12.2 Å². The molecule has 0 aliphatic heterocycles. The first kappa shape index (κ1) is 23.3. The van der Waals surface area contributed by atoms with Gasteiger partial charge in [-0.05, 0) is 40.5 Å². The second kappa shape index (κ2) is 14.6. The lowest BCUT2D eigenvalue weighted by Gasteiger charge is -2.28. The third kappa shape index (κ3) is 11.0. The summed E-state index contributed by atoms with van der Waals surface area (Å²) in [6.07, 6.45) is 6.80. The van der Waals surface area contributed by atoms with E-state index < -0.39 is 8.80 Å². The summed E-state index contributed by atoms with van der Waals surface area (Å²) in [5, 5.41) is 2.86. The minimum Gasteiger partial charge on any atom is -0.374 e. The topological polar surface area (TPSA) is 56.8 Å². The molecule has 0 bridgehead atoms. The van der Waals surface area contributed by atoms with Gasteiger partial charge >= 0.3 is 8.80 Å². The van der Waals surface area contributed by atoms with E-state index in [2.05, 4.69) is 11.9 Å². The van der Waals surface area contributed by atoms with Crippen LogP contribution in [0.3, 0.4) is 0 Å². The van der Waals surface area contributed by atoms with Crippen LogP contribution >= 0.6 is 0 Å². The van der Waals surface area contributed by atoms with Crippen LogP contribution in [0.15, 0.2) is 12.2 Å². The van der Waals surface area contributed by atoms with E-state index in [1.807, 2.05) is 20.8 Å². The van der Waals surface area contributed by atoms with Gasteiger partial charge in [0.2, 0.25) is 5.91 Å². The van der Waals surface area contributed by atoms with Gasteiger partial charge in [-0.2, -0.15) is 0 Å². The molecule has 0 aliphatic rings. The quantitative estimate of drug-likeness (QED) is 0.256. The molecule has 0 spiro atoms. The summed E-state index contributed by atoms with van der Waals surface area (Å²) in [6, 6.07) is 0.900. The number of amides is 1. The second-order valence-electron chi connectivity index (χ2n) is 5.89. The zero-order chi connectivity index (χ0) is 18.3. The highest BCUT2D eigenvalue weighted by Gasteiger charge is 2.39. The van der Waals surface area contributed by atoms with E-state index in [4.69, 9.17) is 13.3 Å². The summed E-state index contributed by atoms with van der Waals surface area (Å²) < 4.78 is 17.6. The average molecular weight is 360 g/mol. The van der Waals surface area contributed by atoms with Gasteiger partial charge in [-0.1, -0.05) is 32.3 Å². The maximum absolute atomic E-state index is 11.3. The average Bonchev–Trinajstić information content (AvgIpc) is 2.53. The largest absolute Gasteiger partial charge is 0.500 e. The molecule has 0 atom stereocenters. The van der Waals surface area contributed by atoms with E-state index in [-0.39, 0.29) is 5.91 Å². The molecule has 0 rings (SSSR count). The van der Waals surface area contributed by atoms with E-state index in [0.717, 1.165) is 31.9 Å². The van der Waals surface area contributed by atoms with Gasteiger partial charge in [0.05, 0.1) is 0 Å². The Kier molecular flexibility index (Phi) is 14.2. The summed E-state index contributed by atoms with van der Waals surface area (Å²) in [5.41, 5.74) is 0.570. The summed E-state index contributed by atoms with van der Waals surface area (Å²) in [5.74, 6) is -0.0425. The summed E-state index contributed by atoms with van der Waals surface area (Å²) in [7, 11) is -2.46. The zero-order valence-electron chi connectivity index (χ0n) is 16.1. The van der Waals surface area contributed by atoms with Crippen molar-refractivity contribution in [3.8, 4) is 0 Å². The van der Waals surface area contributed by atoms with Crippen LogP contribution < -0.4 is 5.32 Å². The molecule has 5 nitrogen and oxygen atoms in total. The molecular weight excluding hydrogens is 322 g/mol. The van der Waals surface area contributed by atoms with Crippen LogP contribution in [0.2, 0.25) is 6.04 Å². The number of nitrogens with one attached hydrogen (secondary N) is 1. The highest BCUT2D eigenvalue weighted by Crippen LogP contribution is 2.20. The molecule has 0 radical (unpaired) electrons. The zero-order valence-corrected chi connectivity index (χ0v) is 17.1. The Bertz CT molecular complexity index is 333. The molecule has 1 amide bonds. The van der Waals surface area contributed by atoms with Gasteiger partial charge in [0.1, 0.15) is 0 Å². The fourth-order valence-electron chi connectivity index (χ4n) is 2.53. The number of hydrogen-bond acceptors (Lipinski definition) is 4. The Labute approximate surface area is 149 Å². The van der Waals surface area contributed by atoms with E-state index in [1.54, 1.807) is 6.92 Å². The van der Waals surface area contributed by atoms with Crippen molar-refractivity contribution in [2.24, 2.45) is 0 Å². The monoisotopic (exact) mass is 359 g/mol. The highest BCUT2D eigenvalue weighted by molar-refractivity contribution is 6.60. The molecule has 0 aromatic rings. The number of hydrogen-bond donors (Lipinski definition) is 1. The standard InChI is InChI=1S/C18H37NO4Si/c1-6-21-24(22-7-2,23-8-3)16-14-12-10-9-11-13-15-19-18(20)17(4)5/h4,6-16H2,1-3,5H3,(H,19,20). The van der Waals surface area contributed by atoms with Gasteiger partial charge in [0, 0.05) is 38.0 Å². The molecule has 0 heterocycles. The molecule has 0 saturated heterocycles. The molecule has 0 aliphatic carbocycles. The van der Waals surface area contributed by atoms with Gasteiger partial charge in [0.25, 0.3) is 0 Å². The van der Waals surface area contributed by atoms with Crippen molar-refractivity contribution in [3.63, 3.8) is 0 Å². The van der Waals surface area contributed by atoms with E-state index >= 15 is 0 Å². The highest BCUT2D eigenvalue weighted by atomic mass is 28.4. The van der Waals surface area contributed by atoms with E-state index in [1.165, 1.54) is 19.3 Å². The van der Waals surface area contributed by atoms with Gasteiger partial charge in [-0.15, -0.1) is 0 Å². The third-order valence-corrected chi connectivity index (χ3v) is 6.83. The van der Waals surface area contributed by atoms with Crippen molar-refractivity contribution in [1.82, 2.24) is 5.32 Å². The van der Waals surface area contributed by atoms with Gasteiger partial charge < -0.3 is 18.6 Å². The molecule has 1 N–H and O–H groups in total. The van der Waals surface area contributed by atoms with Crippen molar-refractivity contribution < 1.29 is 18.1 Å². The van der Waals surface area contributed by atoms with Gasteiger partial charge in [0.15, 0.2) is 0 Å². The van der Waals surface area contributed by atoms with Crippen LogP contribution in [-0.2, 0) is 18.1 Å². The van der Waals surface area contributed by atoms with Crippen molar-refractivity contribution in [2.75, 3.05) is 26.4 Å². The fraction of sp³-hybridized carbons (Fsp3) is 0.833. The summed E-state index contributed by atoms with van der Waals surface area (Å²) >= 11 is 0. The minimum atomic E-state index is -2.46. The molecule has 0 saturated carbocycles. The SMILES string of the molecule is C=C(C)C(=O)NCCCCCCCC[Si](OCC)(OCC)OCC. The lowest BCUT2D eigenvalue weighted by Crippen LogP contribution is -2.45. The third-order valence-electron chi connectivity index (χ3n) is 3.68. The molecule has 0 aromatic heterocycles. The molecule has 6 heteroatoms. The van der Waals surface area contributed by atoms with Gasteiger partial charge in [-0.25, -0.2) is 0 Å². The number of carbonyl (C=O) groups is 1. The van der Waals surface area contributed by atoms with Gasteiger partial charge in [-0.3, -0.25) is 4.79 Å². The first-order valence-corrected chi connectivity index (χ1v) is 11.3. The molecule has 0 aromatic carbocycles. The first-order valence-electron chi connectivity index (χ1n) is 9.36. The van der Waals surface area contributed by atoms with Crippen molar-refractivity contribution in [2.45, 2.75) is 72.3 Å². The predicted molar refractivity (Wildman–Crippen MR) is 101 cm³/mol. The molecule has 24 heavy (non-hydrogen) atoms. The Morgan fingerprint density at radius 2 is 1.33 bits per heavy atom. The normalized spacial score (nSPS) is 11.5. The van der Waals surface area contributed by atoms with Crippen LogP contribution in [0, 0.1) is 0 Å². The number of unbranched alkanes of at least 4 members (excludes halogenated alkanes) is 5. The Morgan fingerprint density at radius 3 is 1.79 bits per heavy atom. The Morgan fingerprint density at radius 1 is 0.875 bits per heavy atom. The van der Waals surface area contributed by atoms with Crippen LogP contribution in [0.25, 0.3) is 0 Å². The van der Waals surface area contributed by atoms with E-state index in [9.17, 15) is 4.79 Å². The smallest absolute Gasteiger partial charge is 0.374 e. The van der Waals surface area contributed by atoms with Crippen molar-refractivity contribution >= 4 is 14.7 Å². The van der Waals surface area contributed by atoms with Crippen LogP contribution in [0.5, 0.6) is 0 Å². The number of carbonyl (C=O) groups excluding carboxylic acids is 1. The summed E-state index contributed by atoms with van der Waals surface area (Å²) in [6.45, 7) is 14.0. The maximum atomic E-state index is 11.3. The van der Waals surface area contributed by atoms with E-state index in [0.29, 0.717) is 25.4 Å². The minimum absolute atomic E-state index is 0.0425. The van der Waals surface area contributed by atoms with Crippen LogP contribution in [0.1, 0.15) is 66.2 Å². The second-order valence-corrected chi connectivity index (χ2v) is 8.62. The predicted octanol–water partition coefficient (Wildman–Crippen LogP) is 4.07. The number of rotatable bonds is 16. The Balaban J connectivity index is 3.78. The lowest BCUT2D eigenvalue weighted by molar-refractivity contribution is -0.117. The van der Waals surface area contributed by atoms with Crippen LogP contribution in [-0.4, -0.2) is 41.1 Å². The lowest BCUT2D eigenvalue weighted by atomic mass is 10.1. The summed E-state index contributed by atoms with van der Waals surface area (Å²) in [4.78, 5) is 11.3. The fourth-order valence-corrected chi connectivity index (χ4v) is 5.21. The molecular formula is C18H37NO4Si. The first-order chi connectivity index (χ1) is 11.5. The molecule has 142 valence electrons. The maximum Gasteiger partial charge on any atom is 0.500 e. The van der Waals surface area contributed by atoms with Crippen LogP contribution in [0.4, 0.5) is 0 Å². The van der Waals surface area contributed by atoms with Crippen molar-refractivity contribution in [1.29, 1.82) is 0 Å². The molecule has 0 fully saturated rings. The Hall–Kier alpha value is -0.693. The molecule has 0 unspecified atom stereocenters.